The molecule has 1 fully saturated rings. The molecule has 1 aliphatic rings. The van der Waals surface area contributed by atoms with Gasteiger partial charge in [0, 0.05) is 24.7 Å². The standard InChI is InChI=1S/C10H22N2/c1-4-10-6-5-9(3)12(10)7-8(2)11/h8-10H,4-7,11H2,1-3H3/t8-,9?,10?/m0/s1. The first-order valence-electron chi connectivity index (χ1n) is 5.16. The van der Waals surface area contributed by atoms with E-state index in [9.17, 15) is 0 Å². The maximum atomic E-state index is 5.81. The molecule has 0 radical (unpaired) electrons. The Morgan fingerprint density at radius 2 is 2.17 bits per heavy atom. The largest absolute Gasteiger partial charge is 0.327 e. The Kier molecular flexibility index (Phi) is 3.53. The van der Waals surface area contributed by atoms with Crippen molar-refractivity contribution < 1.29 is 0 Å². The molecular weight excluding hydrogens is 148 g/mol. The fourth-order valence-electron chi connectivity index (χ4n) is 2.23. The Balaban J connectivity index is 2.46. The van der Waals surface area contributed by atoms with Crippen molar-refractivity contribution >= 4 is 0 Å². The molecule has 0 aromatic rings. The fourth-order valence-corrected chi connectivity index (χ4v) is 2.23. The lowest BCUT2D eigenvalue weighted by Crippen LogP contribution is -2.41. The van der Waals surface area contributed by atoms with E-state index in [2.05, 4.69) is 25.7 Å². The van der Waals surface area contributed by atoms with E-state index in [4.69, 9.17) is 5.73 Å². The van der Waals surface area contributed by atoms with E-state index in [1.165, 1.54) is 19.3 Å². The highest BCUT2D eigenvalue weighted by Crippen LogP contribution is 2.25. The fraction of sp³-hybridized carbons (Fsp3) is 1.00. The molecule has 2 unspecified atom stereocenters. The molecule has 1 rings (SSSR count). The van der Waals surface area contributed by atoms with Crippen molar-refractivity contribution in [3.63, 3.8) is 0 Å². The van der Waals surface area contributed by atoms with Gasteiger partial charge in [-0.25, -0.2) is 0 Å². The van der Waals surface area contributed by atoms with Crippen LogP contribution in [0.25, 0.3) is 0 Å². The first-order valence-corrected chi connectivity index (χ1v) is 5.16. The lowest BCUT2D eigenvalue weighted by Gasteiger charge is -2.29. The zero-order valence-electron chi connectivity index (χ0n) is 8.59. The van der Waals surface area contributed by atoms with Gasteiger partial charge in [-0.2, -0.15) is 0 Å². The van der Waals surface area contributed by atoms with E-state index in [1.54, 1.807) is 0 Å². The molecule has 0 amide bonds. The van der Waals surface area contributed by atoms with Crippen LogP contribution in [0.4, 0.5) is 0 Å². The summed E-state index contributed by atoms with van der Waals surface area (Å²) in [6.07, 6.45) is 3.99. The molecule has 72 valence electrons. The third kappa shape index (κ3) is 2.20. The van der Waals surface area contributed by atoms with E-state index < -0.39 is 0 Å². The molecule has 2 N–H and O–H groups in total. The first-order chi connectivity index (χ1) is 5.65. The number of nitrogens with two attached hydrogens (primary N) is 1. The van der Waals surface area contributed by atoms with Gasteiger partial charge in [0.2, 0.25) is 0 Å². The van der Waals surface area contributed by atoms with E-state index in [-0.39, 0.29) is 0 Å². The van der Waals surface area contributed by atoms with Crippen LogP contribution in [0.3, 0.4) is 0 Å². The minimum absolute atomic E-state index is 0.319. The van der Waals surface area contributed by atoms with Gasteiger partial charge in [0.15, 0.2) is 0 Å². The van der Waals surface area contributed by atoms with Crippen molar-refractivity contribution in [2.75, 3.05) is 6.54 Å². The van der Waals surface area contributed by atoms with E-state index in [0.717, 1.165) is 18.6 Å². The third-order valence-electron chi connectivity index (χ3n) is 2.92. The van der Waals surface area contributed by atoms with Gasteiger partial charge in [-0.1, -0.05) is 6.92 Å². The predicted molar refractivity (Wildman–Crippen MR) is 53.1 cm³/mol. The molecule has 12 heavy (non-hydrogen) atoms. The average molecular weight is 170 g/mol. The molecule has 1 saturated heterocycles. The molecular formula is C10H22N2. The lowest BCUT2D eigenvalue weighted by molar-refractivity contribution is 0.189. The molecule has 3 atom stereocenters. The van der Waals surface area contributed by atoms with Gasteiger partial charge in [-0.05, 0) is 33.1 Å². The van der Waals surface area contributed by atoms with Crippen molar-refractivity contribution in [3.05, 3.63) is 0 Å². The van der Waals surface area contributed by atoms with Crippen LogP contribution in [0.2, 0.25) is 0 Å². The number of nitrogens with zero attached hydrogens (tertiary/aromatic N) is 1. The SMILES string of the molecule is CCC1CCC(C)N1C[C@H](C)N. The van der Waals surface area contributed by atoms with Crippen molar-refractivity contribution in [1.29, 1.82) is 0 Å². The molecule has 2 heteroatoms. The van der Waals surface area contributed by atoms with Gasteiger partial charge in [0.25, 0.3) is 0 Å². The van der Waals surface area contributed by atoms with Crippen LogP contribution in [0, 0.1) is 0 Å². The second kappa shape index (κ2) is 4.24. The molecule has 0 saturated carbocycles. The average Bonchev–Trinajstić information content (AvgIpc) is 2.32. The number of rotatable bonds is 3. The highest BCUT2D eigenvalue weighted by molar-refractivity contribution is 4.85. The van der Waals surface area contributed by atoms with Crippen LogP contribution in [-0.2, 0) is 0 Å². The maximum absolute atomic E-state index is 5.81. The molecule has 0 aliphatic carbocycles. The van der Waals surface area contributed by atoms with E-state index >= 15 is 0 Å². The van der Waals surface area contributed by atoms with Crippen LogP contribution in [0.15, 0.2) is 0 Å². The zero-order valence-corrected chi connectivity index (χ0v) is 8.59. The minimum atomic E-state index is 0.319. The van der Waals surface area contributed by atoms with Crippen LogP contribution in [-0.4, -0.2) is 29.6 Å². The summed E-state index contributed by atoms with van der Waals surface area (Å²) in [5.74, 6) is 0. The number of likely N-dealkylation sites (tertiary alicyclic amines) is 1. The maximum Gasteiger partial charge on any atom is 0.0139 e. The molecule has 1 aliphatic heterocycles. The van der Waals surface area contributed by atoms with Gasteiger partial charge in [0.1, 0.15) is 0 Å². The summed E-state index contributed by atoms with van der Waals surface area (Å²) in [4.78, 5) is 2.57. The van der Waals surface area contributed by atoms with Crippen molar-refractivity contribution in [3.8, 4) is 0 Å². The summed E-state index contributed by atoms with van der Waals surface area (Å²) in [5.41, 5.74) is 5.81. The van der Waals surface area contributed by atoms with Gasteiger partial charge in [-0.15, -0.1) is 0 Å². The summed E-state index contributed by atoms with van der Waals surface area (Å²) < 4.78 is 0. The smallest absolute Gasteiger partial charge is 0.0139 e. The Morgan fingerprint density at radius 3 is 2.67 bits per heavy atom. The van der Waals surface area contributed by atoms with Crippen molar-refractivity contribution in [2.45, 2.75) is 58.2 Å². The summed E-state index contributed by atoms with van der Waals surface area (Å²) in [6.45, 7) is 7.76. The minimum Gasteiger partial charge on any atom is -0.327 e. The lowest BCUT2D eigenvalue weighted by atomic mass is 10.1. The summed E-state index contributed by atoms with van der Waals surface area (Å²) in [6, 6.07) is 1.87. The summed E-state index contributed by atoms with van der Waals surface area (Å²) >= 11 is 0. The van der Waals surface area contributed by atoms with Gasteiger partial charge < -0.3 is 5.73 Å². The second-order valence-corrected chi connectivity index (χ2v) is 4.16. The van der Waals surface area contributed by atoms with Crippen LogP contribution >= 0.6 is 0 Å². The monoisotopic (exact) mass is 170 g/mol. The second-order valence-electron chi connectivity index (χ2n) is 4.16. The zero-order chi connectivity index (χ0) is 9.14. The predicted octanol–water partition coefficient (Wildman–Crippen LogP) is 1.60. The topological polar surface area (TPSA) is 29.3 Å². The molecule has 1 heterocycles. The quantitative estimate of drug-likeness (QED) is 0.697. The molecule has 0 spiro atoms. The van der Waals surface area contributed by atoms with Gasteiger partial charge in [0.05, 0.1) is 0 Å². The number of hydrogen-bond acceptors (Lipinski definition) is 2. The Hall–Kier alpha value is -0.0800. The molecule has 0 aromatic carbocycles. The number of hydrogen-bond donors (Lipinski definition) is 1. The first kappa shape index (κ1) is 10.0. The van der Waals surface area contributed by atoms with Crippen molar-refractivity contribution in [2.24, 2.45) is 5.73 Å². The van der Waals surface area contributed by atoms with Crippen LogP contribution < -0.4 is 5.73 Å². The van der Waals surface area contributed by atoms with Crippen LogP contribution in [0.5, 0.6) is 0 Å². The summed E-state index contributed by atoms with van der Waals surface area (Å²) in [5, 5.41) is 0. The van der Waals surface area contributed by atoms with Gasteiger partial charge >= 0.3 is 0 Å². The Bertz CT molecular complexity index is 134. The Morgan fingerprint density at radius 1 is 1.50 bits per heavy atom. The van der Waals surface area contributed by atoms with E-state index in [1.807, 2.05) is 0 Å². The third-order valence-corrected chi connectivity index (χ3v) is 2.92. The highest BCUT2D eigenvalue weighted by Gasteiger charge is 2.29. The van der Waals surface area contributed by atoms with Crippen molar-refractivity contribution in [1.82, 2.24) is 4.90 Å². The summed E-state index contributed by atoms with van der Waals surface area (Å²) in [7, 11) is 0. The van der Waals surface area contributed by atoms with E-state index in [0.29, 0.717) is 6.04 Å². The molecule has 2 nitrogen and oxygen atoms in total. The van der Waals surface area contributed by atoms with Gasteiger partial charge in [-0.3, -0.25) is 4.90 Å². The highest BCUT2D eigenvalue weighted by atomic mass is 15.2. The van der Waals surface area contributed by atoms with Crippen LogP contribution in [0.1, 0.15) is 40.0 Å². The molecule has 0 aromatic heterocycles. The molecule has 0 bridgehead atoms. The normalized spacial score (nSPS) is 34.0. The Labute approximate surface area is 76.1 Å².